The van der Waals surface area contributed by atoms with Crippen LogP contribution in [0.1, 0.15) is 46.5 Å². The normalized spacial score (nSPS) is 25.2. The lowest BCUT2D eigenvalue weighted by atomic mass is 9.78. The van der Waals surface area contributed by atoms with Gasteiger partial charge in [0.2, 0.25) is 0 Å². The third-order valence-corrected chi connectivity index (χ3v) is 3.68. The molecule has 1 saturated carbocycles. The summed E-state index contributed by atoms with van der Waals surface area (Å²) in [5.41, 5.74) is 1.10. The molecule has 0 aromatic rings. The van der Waals surface area contributed by atoms with Crippen LogP contribution in [0.15, 0.2) is 12.2 Å². The van der Waals surface area contributed by atoms with Crippen molar-refractivity contribution in [2.24, 2.45) is 11.8 Å². The summed E-state index contributed by atoms with van der Waals surface area (Å²) in [6.07, 6.45) is 5.52. The summed E-state index contributed by atoms with van der Waals surface area (Å²) >= 11 is 0. The molecule has 2 heteroatoms. The van der Waals surface area contributed by atoms with Crippen LogP contribution in [-0.2, 0) is 4.74 Å². The number of hydrogen-bond donors (Lipinski definition) is 1. The molecule has 1 fully saturated rings. The molecule has 0 heterocycles. The SMILES string of the molecule is C=C(C)COCCNC1CCCCC1C(C)C. The first-order valence-electron chi connectivity index (χ1n) is 7.06. The Bertz CT molecular complexity index is 225. The lowest BCUT2D eigenvalue weighted by Gasteiger charge is -2.35. The average Bonchev–Trinajstić information content (AvgIpc) is 2.28. The molecule has 2 atom stereocenters. The molecule has 0 aromatic heterocycles. The maximum Gasteiger partial charge on any atom is 0.0672 e. The molecule has 0 aromatic carbocycles. The largest absolute Gasteiger partial charge is 0.376 e. The quantitative estimate of drug-likeness (QED) is 0.543. The zero-order valence-corrected chi connectivity index (χ0v) is 11.8. The minimum absolute atomic E-state index is 0.694. The summed E-state index contributed by atoms with van der Waals surface area (Å²) in [5, 5.41) is 3.67. The summed E-state index contributed by atoms with van der Waals surface area (Å²) in [6.45, 7) is 13.0. The van der Waals surface area contributed by atoms with Gasteiger partial charge in [0, 0.05) is 12.6 Å². The second-order valence-corrected chi connectivity index (χ2v) is 5.76. The van der Waals surface area contributed by atoms with E-state index in [2.05, 4.69) is 25.7 Å². The fourth-order valence-electron chi connectivity index (χ4n) is 2.77. The number of rotatable bonds is 7. The van der Waals surface area contributed by atoms with E-state index in [1.165, 1.54) is 25.7 Å². The van der Waals surface area contributed by atoms with Gasteiger partial charge in [-0.2, -0.15) is 0 Å². The lowest BCUT2D eigenvalue weighted by Crippen LogP contribution is -2.42. The first-order valence-corrected chi connectivity index (χ1v) is 7.06. The Hall–Kier alpha value is -0.340. The van der Waals surface area contributed by atoms with Crippen molar-refractivity contribution in [1.29, 1.82) is 0 Å². The van der Waals surface area contributed by atoms with Crippen LogP contribution in [-0.4, -0.2) is 25.8 Å². The average molecular weight is 239 g/mol. The molecule has 2 unspecified atom stereocenters. The van der Waals surface area contributed by atoms with E-state index in [1.807, 2.05) is 6.92 Å². The van der Waals surface area contributed by atoms with Crippen LogP contribution in [0.25, 0.3) is 0 Å². The summed E-state index contributed by atoms with van der Waals surface area (Å²) < 4.78 is 5.52. The van der Waals surface area contributed by atoms with Gasteiger partial charge in [-0.05, 0) is 31.6 Å². The van der Waals surface area contributed by atoms with E-state index in [-0.39, 0.29) is 0 Å². The highest BCUT2D eigenvalue weighted by Crippen LogP contribution is 2.29. The zero-order chi connectivity index (χ0) is 12.7. The van der Waals surface area contributed by atoms with Crippen LogP contribution < -0.4 is 5.32 Å². The van der Waals surface area contributed by atoms with E-state index < -0.39 is 0 Å². The standard InChI is InChI=1S/C15H29NO/c1-12(2)11-17-10-9-16-15-8-6-5-7-14(15)13(3)4/h13-16H,1,5-11H2,2-4H3. The fourth-order valence-corrected chi connectivity index (χ4v) is 2.77. The summed E-state index contributed by atoms with van der Waals surface area (Å²) in [4.78, 5) is 0. The Balaban J connectivity index is 2.17. The van der Waals surface area contributed by atoms with Gasteiger partial charge < -0.3 is 10.1 Å². The molecule has 1 aliphatic carbocycles. The van der Waals surface area contributed by atoms with Crippen molar-refractivity contribution in [3.05, 3.63) is 12.2 Å². The highest BCUT2D eigenvalue weighted by Gasteiger charge is 2.26. The molecule has 1 N–H and O–H groups in total. The first-order chi connectivity index (χ1) is 8.11. The van der Waals surface area contributed by atoms with Crippen molar-refractivity contribution in [1.82, 2.24) is 5.32 Å². The molecule has 0 bridgehead atoms. The van der Waals surface area contributed by atoms with Crippen LogP contribution in [0.5, 0.6) is 0 Å². The number of hydrogen-bond acceptors (Lipinski definition) is 2. The molecule has 0 saturated heterocycles. The molecule has 17 heavy (non-hydrogen) atoms. The van der Waals surface area contributed by atoms with Gasteiger partial charge in [0.25, 0.3) is 0 Å². The highest BCUT2D eigenvalue weighted by atomic mass is 16.5. The van der Waals surface area contributed by atoms with Crippen molar-refractivity contribution >= 4 is 0 Å². The lowest BCUT2D eigenvalue weighted by molar-refractivity contribution is 0.141. The predicted molar refractivity (Wildman–Crippen MR) is 74.2 cm³/mol. The topological polar surface area (TPSA) is 21.3 Å². The molecular weight excluding hydrogens is 210 g/mol. The third-order valence-electron chi connectivity index (χ3n) is 3.68. The van der Waals surface area contributed by atoms with Crippen molar-refractivity contribution in [2.75, 3.05) is 19.8 Å². The Morgan fingerprint density at radius 1 is 1.35 bits per heavy atom. The highest BCUT2D eigenvalue weighted by molar-refractivity contribution is 4.87. The number of ether oxygens (including phenoxy) is 1. The maximum absolute atomic E-state index is 5.52. The Morgan fingerprint density at radius 2 is 2.06 bits per heavy atom. The molecule has 0 spiro atoms. The smallest absolute Gasteiger partial charge is 0.0672 e. The van der Waals surface area contributed by atoms with Crippen LogP contribution in [0.3, 0.4) is 0 Å². The summed E-state index contributed by atoms with van der Waals surface area (Å²) in [5.74, 6) is 1.65. The zero-order valence-electron chi connectivity index (χ0n) is 11.8. The second-order valence-electron chi connectivity index (χ2n) is 5.76. The first kappa shape index (κ1) is 14.7. The van der Waals surface area contributed by atoms with Gasteiger partial charge in [-0.15, -0.1) is 0 Å². The van der Waals surface area contributed by atoms with E-state index in [1.54, 1.807) is 0 Å². The molecule has 0 radical (unpaired) electrons. The van der Waals surface area contributed by atoms with E-state index in [9.17, 15) is 0 Å². The van der Waals surface area contributed by atoms with E-state index >= 15 is 0 Å². The molecule has 1 aliphatic rings. The van der Waals surface area contributed by atoms with Gasteiger partial charge in [-0.1, -0.05) is 38.8 Å². The third kappa shape index (κ3) is 5.69. The molecule has 1 rings (SSSR count). The van der Waals surface area contributed by atoms with Gasteiger partial charge in [0.05, 0.1) is 13.2 Å². The predicted octanol–water partition coefficient (Wildman–Crippen LogP) is 3.38. The van der Waals surface area contributed by atoms with Gasteiger partial charge in [0.15, 0.2) is 0 Å². The van der Waals surface area contributed by atoms with Crippen LogP contribution in [0, 0.1) is 11.8 Å². The summed E-state index contributed by atoms with van der Waals surface area (Å²) in [7, 11) is 0. The van der Waals surface area contributed by atoms with Crippen molar-refractivity contribution in [3.8, 4) is 0 Å². The fraction of sp³-hybridized carbons (Fsp3) is 0.867. The van der Waals surface area contributed by atoms with E-state index in [0.29, 0.717) is 12.6 Å². The molecule has 0 aliphatic heterocycles. The van der Waals surface area contributed by atoms with Crippen LogP contribution in [0.2, 0.25) is 0 Å². The van der Waals surface area contributed by atoms with Gasteiger partial charge in [-0.25, -0.2) is 0 Å². The minimum atomic E-state index is 0.694. The Labute approximate surface area is 107 Å². The monoisotopic (exact) mass is 239 g/mol. The Kier molecular flexibility index (Phi) is 6.83. The molecular formula is C15H29NO. The maximum atomic E-state index is 5.52. The van der Waals surface area contributed by atoms with Crippen LogP contribution >= 0.6 is 0 Å². The van der Waals surface area contributed by atoms with Crippen molar-refractivity contribution in [2.45, 2.75) is 52.5 Å². The second kappa shape index (κ2) is 7.88. The summed E-state index contributed by atoms with van der Waals surface area (Å²) in [6, 6.07) is 0.706. The number of nitrogens with one attached hydrogen (secondary N) is 1. The Morgan fingerprint density at radius 3 is 2.71 bits per heavy atom. The molecule has 100 valence electrons. The van der Waals surface area contributed by atoms with E-state index in [4.69, 9.17) is 4.74 Å². The molecule has 2 nitrogen and oxygen atoms in total. The van der Waals surface area contributed by atoms with Gasteiger partial charge in [-0.3, -0.25) is 0 Å². The van der Waals surface area contributed by atoms with Gasteiger partial charge in [0.1, 0.15) is 0 Å². The van der Waals surface area contributed by atoms with Crippen molar-refractivity contribution in [3.63, 3.8) is 0 Å². The molecule has 0 amide bonds. The van der Waals surface area contributed by atoms with Crippen molar-refractivity contribution < 1.29 is 4.74 Å². The van der Waals surface area contributed by atoms with Gasteiger partial charge >= 0.3 is 0 Å². The van der Waals surface area contributed by atoms with Crippen LogP contribution in [0.4, 0.5) is 0 Å². The van der Waals surface area contributed by atoms with E-state index in [0.717, 1.165) is 30.6 Å². The minimum Gasteiger partial charge on any atom is -0.376 e.